The van der Waals surface area contributed by atoms with Gasteiger partial charge in [0.2, 0.25) is 0 Å². The Morgan fingerprint density at radius 1 is 1.40 bits per heavy atom. The Kier molecular flexibility index (Phi) is 2.39. The molecule has 0 saturated heterocycles. The molecule has 0 saturated carbocycles. The summed E-state index contributed by atoms with van der Waals surface area (Å²) in [6, 6.07) is 0. The summed E-state index contributed by atoms with van der Waals surface area (Å²) in [5, 5.41) is 0. The van der Waals surface area contributed by atoms with Crippen LogP contribution in [-0.2, 0) is 4.74 Å². The first kappa shape index (κ1) is 7.21. The molecule has 0 unspecified atom stereocenters. The van der Waals surface area contributed by atoms with E-state index in [9.17, 15) is 0 Å². The molecule has 0 bridgehead atoms. The lowest BCUT2D eigenvalue weighted by Gasteiger charge is -2.14. The summed E-state index contributed by atoms with van der Waals surface area (Å²) in [5.74, 6) is 3.68. The lowest BCUT2D eigenvalue weighted by atomic mass is 9.98. The molecule has 0 N–H and O–H groups in total. The second-order valence-electron chi connectivity index (χ2n) is 2.46. The Morgan fingerprint density at radius 3 is 2.60 bits per heavy atom. The van der Waals surface area contributed by atoms with Crippen molar-refractivity contribution in [3.63, 3.8) is 0 Å². The fraction of sp³-hybridized carbons (Fsp3) is 0.556. The first-order valence-electron chi connectivity index (χ1n) is 3.61. The standard InChI is InChI=1S/C9H12O/c1-3-8-6-4-5-7-9(8)10-2/h1H,4-7H2,2H3. The van der Waals surface area contributed by atoms with Crippen molar-refractivity contribution in [2.45, 2.75) is 25.7 Å². The summed E-state index contributed by atoms with van der Waals surface area (Å²) in [6.45, 7) is 0. The fourth-order valence-electron chi connectivity index (χ4n) is 1.26. The first-order chi connectivity index (χ1) is 4.88. The van der Waals surface area contributed by atoms with Crippen LogP contribution in [0.3, 0.4) is 0 Å². The van der Waals surface area contributed by atoms with Crippen LogP contribution >= 0.6 is 0 Å². The molecule has 0 radical (unpaired) electrons. The van der Waals surface area contributed by atoms with Gasteiger partial charge in [0.1, 0.15) is 5.76 Å². The molecule has 54 valence electrons. The minimum atomic E-state index is 1.02. The lowest BCUT2D eigenvalue weighted by molar-refractivity contribution is 0.263. The SMILES string of the molecule is C#CC1=C(OC)CCCC1. The van der Waals surface area contributed by atoms with Crippen LogP contribution in [0.1, 0.15) is 25.7 Å². The fourth-order valence-corrected chi connectivity index (χ4v) is 1.26. The van der Waals surface area contributed by atoms with E-state index in [0.29, 0.717) is 0 Å². The monoisotopic (exact) mass is 136 g/mol. The second kappa shape index (κ2) is 3.31. The molecule has 0 aromatic rings. The highest BCUT2D eigenvalue weighted by atomic mass is 16.5. The van der Waals surface area contributed by atoms with Crippen molar-refractivity contribution < 1.29 is 4.74 Å². The highest BCUT2D eigenvalue weighted by Crippen LogP contribution is 2.23. The zero-order valence-electron chi connectivity index (χ0n) is 6.31. The largest absolute Gasteiger partial charge is 0.500 e. The molecule has 0 aromatic heterocycles. The van der Waals surface area contributed by atoms with Crippen molar-refractivity contribution in [3.8, 4) is 12.3 Å². The summed E-state index contributed by atoms with van der Waals surface area (Å²) in [6.07, 6.45) is 9.76. The summed E-state index contributed by atoms with van der Waals surface area (Å²) < 4.78 is 5.13. The molecular formula is C9H12O. The predicted octanol–water partition coefficient (Wildman–Crippen LogP) is 2.09. The van der Waals surface area contributed by atoms with E-state index in [4.69, 9.17) is 11.2 Å². The average Bonchev–Trinajstić information content (AvgIpc) is 2.04. The van der Waals surface area contributed by atoms with E-state index in [1.165, 1.54) is 12.8 Å². The lowest BCUT2D eigenvalue weighted by Crippen LogP contribution is -1.99. The quantitative estimate of drug-likeness (QED) is 0.501. The van der Waals surface area contributed by atoms with Crippen LogP contribution in [0, 0.1) is 12.3 Å². The molecule has 0 aromatic carbocycles. The van der Waals surface area contributed by atoms with E-state index < -0.39 is 0 Å². The van der Waals surface area contributed by atoms with E-state index >= 15 is 0 Å². The summed E-state index contributed by atoms with van der Waals surface area (Å²) >= 11 is 0. The van der Waals surface area contributed by atoms with E-state index in [1.54, 1.807) is 7.11 Å². The maximum atomic E-state index is 5.28. The summed E-state index contributed by atoms with van der Waals surface area (Å²) in [4.78, 5) is 0. The Labute approximate surface area is 62.1 Å². The maximum Gasteiger partial charge on any atom is 0.107 e. The molecule has 0 fully saturated rings. The van der Waals surface area contributed by atoms with Crippen LogP contribution < -0.4 is 0 Å². The van der Waals surface area contributed by atoms with E-state index in [-0.39, 0.29) is 0 Å². The molecule has 1 heteroatoms. The molecule has 1 aliphatic rings. The van der Waals surface area contributed by atoms with Crippen LogP contribution in [0.4, 0.5) is 0 Å². The summed E-state index contributed by atoms with van der Waals surface area (Å²) in [5.41, 5.74) is 1.06. The minimum Gasteiger partial charge on any atom is -0.500 e. The van der Waals surface area contributed by atoms with Crippen LogP contribution in [0.15, 0.2) is 11.3 Å². The van der Waals surface area contributed by atoms with Crippen molar-refractivity contribution in [3.05, 3.63) is 11.3 Å². The van der Waals surface area contributed by atoms with Gasteiger partial charge in [0, 0.05) is 12.0 Å². The Morgan fingerprint density at radius 2 is 2.10 bits per heavy atom. The molecule has 1 nitrogen and oxygen atoms in total. The molecule has 10 heavy (non-hydrogen) atoms. The third-order valence-electron chi connectivity index (χ3n) is 1.84. The van der Waals surface area contributed by atoms with Crippen molar-refractivity contribution >= 4 is 0 Å². The van der Waals surface area contributed by atoms with Crippen molar-refractivity contribution in [2.24, 2.45) is 0 Å². The highest BCUT2D eigenvalue weighted by molar-refractivity contribution is 5.29. The first-order valence-corrected chi connectivity index (χ1v) is 3.61. The van der Waals surface area contributed by atoms with Crippen LogP contribution in [0.2, 0.25) is 0 Å². The molecule has 0 atom stereocenters. The molecule has 0 aliphatic heterocycles. The van der Waals surface area contributed by atoms with Gasteiger partial charge >= 0.3 is 0 Å². The van der Waals surface area contributed by atoms with Gasteiger partial charge in [-0.05, 0) is 19.3 Å². The van der Waals surface area contributed by atoms with Gasteiger partial charge in [-0.1, -0.05) is 5.92 Å². The molecule has 1 rings (SSSR count). The topological polar surface area (TPSA) is 9.23 Å². The van der Waals surface area contributed by atoms with E-state index in [0.717, 1.165) is 24.2 Å². The smallest absolute Gasteiger partial charge is 0.107 e. The van der Waals surface area contributed by atoms with Gasteiger partial charge in [0.15, 0.2) is 0 Å². The Hall–Kier alpha value is -0.900. The van der Waals surface area contributed by atoms with Gasteiger partial charge in [-0.2, -0.15) is 0 Å². The molecule has 0 amide bonds. The molecular weight excluding hydrogens is 124 g/mol. The van der Waals surface area contributed by atoms with Gasteiger partial charge < -0.3 is 4.74 Å². The maximum absolute atomic E-state index is 5.28. The highest BCUT2D eigenvalue weighted by Gasteiger charge is 2.10. The number of hydrogen-bond donors (Lipinski definition) is 0. The minimum absolute atomic E-state index is 1.02. The number of terminal acetylenes is 1. The Balaban J connectivity index is 2.75. The van der Waals surface area contributed by atoms with Gasteiger partial charge in [-0.25, -0.2) is 0 Å². The van der Waals surface area contributed by atoms with Crippen LogP contribution in [0.5, 0.6) is 0 Å². The van der Waals surface area contributed by atoms with Crippen molar-refractivity contribution in [1.29, 1.82) is 0 Å². The number of methoxy groups -OCH3 is 1. The number of ether oxygens (including phenoxy) is 1. The van der Waals surface area contributed by atoms with Gasteiger partial charge in [0.05, 0.1) is 7.11 Å². The third kappa shape index (κ3) is 1.33. The average molecular weight is 136 g/mol. The normalized spacial score (nSPS) is 18.4. The van der Waals surface area contributed by atoms with E-state index in [1.807, 2.05) is 0 Å². The van der Waals surface area contributed by atoms with Crippen LogP contribution in [0.25, 0.3) is 0 Å². The number of allylic oxidation sites excluding steroid dienone is 2. The van der Waals surface area contributed by atoms with Gasteiger partial charge in [0.25, 0.3) is 0 Å². The number of hydrogen-bond acceptors (Lipinski definition) is 1. The molecule has 0 spiro atoms. The molecule has 1 aliphatic carbocycles. The Bertz CT molecular complexity index is 183. The van der Waals surface area contributed by atoms with Gasteiger partial charge in [-0.15, -0.1) is 6.42 Å². The summed E-state index contributed by atoms with van der Waals surface area (Å²) in [7, 11) is 1.69. The van der Waals surface area contributed by atoms with Gasteiger partial charge in [-0.3, -0.25) is 0 Å². The van der Waals surface area contributed by atoms with Crippen molar-refractivity contribution in [1.82, 2.24) is 0 Å². The second-order valence-corrected chi connectivity index (χ2v) is 2.46. The van der Waals surface area contributed by atoms with Crippen molar-refractivity contribution in [2.75, 3.05) is 7.11 Å². The van der Waals surface area contributed by atoms with E-state index in [2.05, 4.69) is 5.92 Å². The zero-order valence-corrected chi connectivity index (χ0v) is 6.31. The predicted molar refractivity (Wildman–Crippen MR) is 41.3 cm³/mol. The van der Waals surface area contributed by atoms with Crippen LogP contribution in [-0.4, -0.2) is 7.11 Å². The molecule has 0 heterocycles. The zero-order chi connectivity index (χ0) is 7.40. The number of rotatable bonds is 1. The third-order valence-corrected chi connectivity index (χ3v) is 1.84.